The first-order chi connectivity index (χ1) is 10.3. The first-order valence-electron chi connectivity index (χ1n) is 7.77. The van der Waals surface area contributed by atoms with E-state index in [9.17, 15) is 0 Å². The zero-order valence-corrected chi connectivity index (χ0v) is 13.1. The van der Waals surface area contributed by atoms with Crippen LogP contribution < -0.4 is 5.32 Å². The van der Waals surface area contributed by atoms with Crippen molar-refractivity contribution >= 4 is 0 Å². The van der Waals surface area contributed by atoms with E-state index in [0.717, 1.165) is 44.8 Å². The van der Waals surface area contributed by atoms with Crippen LogP contribution in [0.3, 0.4) is 0 Å². The van der Waals surface area contributed by atoms with Crippen LogP contribution in [-0.2, 0) is 19.5 Å². The van der Waals surface area contributed by atoms with Gasteiger partial charge < -0.3 is 9.73 Å². The summed E-state index contributed by atoms with van der Waals surface area (Å²) in [6.07, 6.45) is 4.10. The van der Waals surface area contributed by atoms with E-state index in [2.05, 4.69) is 60.6 Å². The summed E-state index contributed by atoms with van der Waals surface area (Å²) < 4.78 is 5.64. The minimum absolute atomic E-state index is 0.862. The fourth-order valence-corrected chi connectivity index (χ4v) is 2.32. The molecule has 3 nitrogen and oxygen atoms in total. The van der Waals surface area contributed by atoms with Crippen LogP contribution in [0.1, 0.15) is 30.2 Å². The van der Waals surface area contributed by atoms with Crippen molar-refractivity contribution < 1.29 is 4.42 Å². The first-order valence-corrected chi connectivity index (χ1v) is 7.77. The molecule has 0 amide bonds. The summed E-state index contributed by atoms with van der Waals surface area (Å²) in [5, 5.41) is 3.39. The van der Waals surface area contributed by atoms with E-state index in [1.165, 1.54) is 11.1 Å². The van der Waals surface area contributed by atoms with Crippen molar-refractivity contribution in [3.05, 3.63) is 59.5 Å². The van der Waals surface area contributed by atoms with Crippen molar-refractivity contribution in [1.82, 2.24) is 10.2 Å². The molecule has 114 valence electrons. The van der Waals surface area contributed by atoms with Gasteiger partial charge in [0, 0.05) is 18.7 Å². The molecule has 0 bridgehead atoms. The highest BCUT2D eigenvalue weighted by Crippen LogP contribution is 2.10. The smallest absolute Gasteiger partial charge is 0.118 e. The lowest BCUT2D eigenvalue weighted by Crippen LogP contribution is -2.20. The van der Waals surface area contributed by atoms with Gasteiger partial charge in [0.05, 0.1) is 12.8 Å². The highest BCUT2D eigenvalue weighted by atomic mass is 16.3. The Bertz CT molecular complexity index is 507. The Hall–Kier alpha value is -1.58. The molecular weight excluding hydrogens is 260 g/mol. The largest absolute Gasteiger partial charge is 0.468 e. The van der Waals surface area contributed by atoms with Gasteiger partial charge in [0.25, 0.3) is 0 Å². The number of benzene rings is 1. The minimum Gasteiger partial charge on any atom is -0.468 e. The van der Waals surface area contributed by atoms with Crippen molar-refractivity contribution in [3.63, 3.8) is 0 Å². The highest BCUT2D eigenvalue weighted by molar-refractivity contribution is 5.15. The number of furan rings is 1. The van der Waals surface area contributed by atoms with Gasteiger partial charge in [-0.15, -0.1) is 0 Å². The topological polar surface area (TPSA) is 28.4 Å². The molecule has 0 spiro atoms. The number of likely N-dealkylation sites (N-methyl/N-ethyl adjacent to an activating group) is 1. The second-order valence-corrected chi connectivity index (χ2v) is 5.57. The molecule has 0 saturated carbocycles. The Morgan fingerprint density at radius 2 is 1.95 bits per heavy atom. The van der Waals surface area contributed by atoms with Gasteiger partial charge in [0.1, 0.15) is 5.76 Å². The summed E-state index contributed by atoms with van der Waals surface area (Å²) in [5.74, 6) is 1.04. The quantitative estimate of drug-likeness (QED) is 0.716. The molecule has 0 aliphatic carbocycles. The normalized spacial score (nSPS) is 11.2. The molecule has 0 aliphatic heterocycles. The fourth-order valence-electron chi connectivity index (χ4n) is 2.32. The monoisotopic (exact) mass is 286 g/mol. The maximum absolute atomic E-state index is 5.64. The third-order valence-electron chi connectivity index (χ3n) is 3.51. The lowest BCUT2D eigenvalue weighted by Gasteiger charge is -2.14. The summed E-state index contributed by atoms with van der Waals surface area (Å²) in [7, 11) is 2.14. The van der Waals surface area contributed by atoms with Gasteiger partial charge in [-0.2, -0.15) is 0 Å². The second kappa shape index (κ2) is 8.65. The molecule has 0 saturated heterocycles. The number of rotatable bonds is 9. The van der Waals surface area contributed by atoms with Crippen LogP contribution in [0.5, 0.6) is 0 Å². The van der Waals surface area contributed by atoms with Gasteiger partial charge in [0.15, 0.2) is 0 Å². The molecule has 1 aromatic carbocycles. The molecule has 0 fully saturated rings. The molecule has 0 atom stereocenters. The average molecular weight is 286 g/mol. The van der Waals surface area contributed by atoms with Crippen LogP contribution >= 0.6 is 0 Å². The summed E-state index contributed by atoms with van der Waals surface area (Å²) in [4.78, 5) is 2.30. The van der Waals surface area contributed by atoms with E-state index >= 15 is 0 Å². The molecule has 2 aromatic rings. The maximum atomic E-state index is 5.64. The van der Waals surface area contributed by atoms with E-state index in [4.69, 9.17) is 4.42 Å². The van der Waals surface area contributed by atoms with Gasteiger partial charge in [-0.05, 0) is 38.1 Å². The number of nitrogens with zero attached hydrogens (tertiary/aromatic N) is 1. The zero-order chi connectivity index (χ0) is 14.9. The highest BCUT2D eigenvalue weighted by Gasteiger charge is 2.05. The van der Waals surface area contributed by atoms with E-state index in [1.54, 1.807) is 0 Å². The Kier molecular flexibility index (Phi) is 6.51. The summed E-state index contributed by atoms with van der Waals surface area (Å²) in [6, 6.07) is 12.8. The molecule has 3 heteroatoms. The fraction of sp³-hybridized carbons (Fsp3) is 0.444. The standard InChI is InChI=1S/C18H26N2O/c1-3-10-19-13-17-12-18(21-15-17)14-20(2)11-9-16-7-5-4-6-8-16/h4-8,12,15,19H,3,9-11,13-14H2,1-2H3. The number of nitrogens with one attached hydrogen (secondary N) is 1. The maximum Gasteiger partial charge on any atom is 0.118 e. The van der Waals surface area contributed by atoms with Crippen molar-refractivity contribution in [2.45, 2.75) is 32.9 Å². The van der Waals surface area contributed by atoms with Gasteiger partial charge in [-0.1, -0.05) is 37.3 Å². The molecular formula is C18H26N2O. The SMILES string of the molecule is CCCNCc1coc(CN(C)CCc2ccccc2)c1. The zero-order valence-electron chi connectivity index (χ0n) is 13.1. The Labute approximate surface area is 128 Å². The van der Waals surface area contributed by atoms with E-state index < -0.39 is 0 Å². The molecule has 1 aromatic heterocycles. The van der Waals surface area contributed by atoms with Crippen LogP contribution in [0, 0.1) is 0 Å². The predicted molar refractivity (Wildman–Crippen MR) is 87.2 cm³/mol. The van der Waals surface area contributed by atoms with Crippen LogP contribution in [-0.4, -0.2) is 25.0 Å². The Morgan fingerprint density at radius 3 is 2.71 bits per heavy atom. The second-order valence-electron chi connectivity index (χ2n) is 5.57. The Balaban J connectivity index is 1.73. The molecule has 1 N–H and O–H groups in total. The van der Waals surface area contributed by atoms with Crippen molar-refractivity contribution in [1.29, 1.82) is 0 Å². The van der Waals surface area contributed by atoms with Crippen molar-refractivity contribution in [2.75, 3.05) is 20.1 Å². The van der Waals surface area contributed by atoms with E-state index in [1.807, 2.05) is 6.26 Å². The average Bonchev–Trinajstić information content (AvgIpc) is 2.94. The van der Waals surface area contributed by atoms with Crippen LogP contribution in [0.15, 0.2) is 47.1 Å². The van der Waals surface area contributed by atoms with Crippen molar-refractivity contribution in [2.24, 2.45) is 0 Å². The predicted octanol–water partition coefficient (Wildman–Crippen LogP) is 3.45. The number of hydrogen-bond donors (Lipinski definition) is 1. The molecule has 1 heterocycles. The molecule has 21 heavy (non-hydrogen) atoms. The van der Waals surface area contributed by atoms with Crippen LogP contribution in [0.25, 0.3) is 0 Å². The first kappa shape index (κ1) is 15.8. The minimum atomic E-state index is 0.862. The van der Waals surface area contributed by atoms with E-state index in [0.29, 0.717) is 0 Å². The summed E-state index contributed by atoms with van der Waals surface area (Å²) in [5.41, 5.74) is 2.61. The van der Waals surface area contributed by atoms with Gasteiger partial charge in [-0.25, -0.2) is 0 Å². The van der Waals surface area contributed by atoms with Crippen LogP contribution in [0.4, 0.5) is 0 Å². The van der Waals surface area contributed by atoms with Gasteiger partial charge in [0.2, 0.25) is 0 Å². The number of hydrogen-bond acceptors (Lipinski definition) is 3. The Morgan fingerprint density at radius 1 is 1.14 bits per heavy atom. The van der Waals surface area contributed by atoms with Gasteiger partial charge in [-0.3, -0.25) is 4.90 Å². The third-order valence-corrected chi connectivity index (χ3v) is 3.51. The molecule has 0 radical (unpaired) electrons. The lowest BCUT2D eigenvalue weighted by molar-refractivity contribution is 0.298. The van der Waals surface area contributed by atoms with Crippen molar-refractivity contribution in [3.8, 4) is 0 Å². The van der Waals surface area contributed by atoms with Crippen LogP contribution in [0.2, 0.25) is 0 Å². The van der Waals surface area contributed by atoms with Gasteiger partial charge >= 0.3 is 0 Å². The lowest BCUT2D eigenvalue weighted by atomic mass is 10.1. The molecule has 0 aliphatic rings. The third kappa shape index (κ3) is 5.74. The summed E-state index contributed by atoms with van der Waals surface area (Å²) >= 11 is 0. The summed E-state index contributed by atoms with van der Waals surface area (Å²) in [6.45, 7) is 6.02. The molecule has 2 rings (SSSR count). The van der Waals surface area contributed by atoms with E-state index in [-0.39, 0.29) is 0 Å². The molecule has 0 unspecified atom stereocenters.